The van der Waals surface area contributed by atoms with Gasteiger partial charge in [0, 0.05) is 36.9 Å². The number of aryl methyl sites for hydroxylation is 1. The van der Waals surface area contributed by atoms with Gasteiger partial charge in [0.05, 0.1) is 6.20 Å². The van der Waals surface area contributed by atoms with E-state index < -0.39 is 0 Å². The Balaban J connectivity index is 1.69. The quantitative estimate of drug-likeness (QED) is 0.913. The Morgan fingerprint density at radius 3 is 3.09 bits per heavy atom. The summed E-state index contributed by atoms with van der Waals surface area (Å²) in [6.45, 7) is 3.24. The molecule has 6 heteroatoms. The standard InChI is InChI=1S/C16H19N3O3/c1-11-8-17-15(22-11)13-3-2-4-14(7-13)18-16(21)19-6-5-12(9-19)10-20/h2-4,7-8,12,20H,5-6,9-10H2,1H3,(H,18,21). The monoisotopic (exact) mass is 301 g/mol. The van der Waals surface area contributed by atoms with Crippen LogP contribution >= 0.6 is 0 Å². The number of anilines is 1. The summed E-state index contributed by atoms with van der Waals surface area (Å²) in [6, 6.07) is 7.26. The van der Waals surface area contributed by atoms with Crippen LogP contribution in [0.4, 0.5) is 10.5 Å². The van der Waals surface area contributed by atoms with Gasteiger partial charge in [-0.05, 0) is 31.5 Å². The van der Waals surface area contributed by atoms with E-state index in [2.05, 4.69) is 10.3 Å². The number of amides is 2. The van der Waals surface area contributed by atoms with Gasteiger partial charge in [-0.2, -0.15) is 0 Å². The van der Waals surface area contributed by atoms with Crippen LogP contribution in [0.2, 0.25) is 0 Å². The number of hydrogen-bond donors (Lipinski definition) is 2. The minimum Gasteiger partial charge on any atom is -0.441 e. The van der Waals surface area contributed by atoms with E-state index in [1.165, 1.54) is 0 Å². The summed E-state index contributed by atoms with van der Waals surface area (Å²) < 4.78 is 5.50. The molecule has 0 saturated carbocycles. The van der Waals surface area contributed by atoms with Crippen LogP contribution in [-0.2, 0) is 0 Å². The number of urea groups is 1. The van der Waals surface area contributed by atoms with E-state index >= 15 is 0 Å². The minimum atomic E-state index is -0.142. The van der Waals surface area contributed by atoms with Crippen molar-refractivity contribution in [3.05, 3.63) is 36.2 Å². The average molecular weight is 301 g/mol. The first-order valence-corrected chi connectivity index (χ1v) is 7.35. The third-order valence-electron chi connectivity index (χ3n) is 3.81. The minimum absolute atomic E-state index is 0.128. The highest BCUT2D eigenvalue weighted by Gasteiger charge is 2.25. The first kappa shape index (κ1) is 14.6. The second kappa shape index (κ2) is 6.19. The summed E-state index contributed by atoms with van der Waals surface area (Å²) in [7, 11) is 0. The predicted octanol–water partition coefficient (Wildman–Crippen LogP) is 2.50. The molecule has 1 saturated heterocycles. The first-order valence-electron chi connectivity index (χ1n) is 7.35. The molecule has 1 fully saturated rings. The fraction of sp³-hybridized carbons (Fsp3) is 0.375. The number of aliphatic hydroxyl groups is 1. The molecule has 2 N–H and O–H groups in total. The number of likely N-dealkylation sites (tertiary alicyclic amines) is 1. The van der Waals surface area contributed by atoms with Gasteiger partial charge < -0.3 is 19.7 Å². The molecule has 0 aliphatic carbocycles. The third kappa shape index (κ3) is 3.12. The molecule has 1 aromatic heterocycles. The smallest absolute Gasteiger partial charge is 0.321 e. The van der Waals surface area contributed by atoms with Crippen molar-refractivity contribution in [2.45, 2.75) is 13.3 Å². The third-order valence-corrected chi connectivity index (χ3v) is 3.81. The largest absolute Gasteiger partial charge is 0.441 e. The zero-order valence-electron chi connectivity index (χ0n) is 12.5. The number of nitrogens with zero attached hydrogens (tertiary/aromatic N) is 2. The molecule has 1 atom stereocenters. The summed E-state index contributed by atoms with van der Waals surface area (Å²) >= 11 is 0. The molecule has 0 spiro atoms. The van der Waals surface area contributed by atoms with Crippen molar-refractivity contribution in [1.29, 1.82) is 0 Å². The molecule has 1 aliphatic heterocycles. The zero-order valence-corrected chi connectivity index (χ0v) is 12.5. The predicted molar refractivity (Wildman–Crippen MR) is 82.5 cm³/mol. The molecule has 3 rings (SSSR count). The lowest BCUT2D eigenvalue weighted by Crippen LogP contribution is -2.33. The molecular weight excluding hydrogens is 282 g/mol. The van der Waals surface area contributed by atoms with Crippen molar-refractivity contribution < 1.29 is 14.3 Å². The second-order valence-electron chi connectivity index (χ2n) is 5.57. The maximum atomic E-state index is 12.2. The lowest BCUT2D eigenvalue weighted by molar-refractivity contribution is 0.209. The average Bonchev–Trinajstić information content (AvgIpc) is 3.16. The Morgan fingerprint density at radius 1 is 1.55 bits per heavy atom. The van der Waals surface area contributed by atoms with Crippen LogP contribution in [0.3, 0.4) is 0 Å². The Morgan fingerprint density at radius 2 is 2.41 bits per heavy atom. The molecule has 116 valence electrons. The Labute approximate surface area is 128 Å². The molecule has 0 bridgehead atoms. The first-order chi connectivity index (χ1) is 10.7. The van der Waals surface area contributed by atoms with Crippen molar-refractivity contribution in [3.63, 3.8) is 0 Å². The second-order valence-corrected chi connectivity index (χ2v) is 5.57. The van der Waals surface area contributed by atoms with Gasteiger partial charge in [0.25, 0.3) is 0 Å². The van der Waals surface area contributed by atoms with E-state index in [-0.39, 0.29) is 18.6 Å². The summed E-state index contributed by atoms with van der Waals surface area (Å²) in [4.78, 5) is 18.1. The highest BCUT2D eigenvalue weighted by molar-refractivity contribution is 5.90. The van der Waals surface area contributed by atoms with E-state index in [0.717, 1.165) is 17.7 Å². The number of oxazole rings is 1. The van der Waals surface area contributed by atoms with Crippen molar-refractivity contribution in [2.75, 3.05) is 25.0 Å². The van der Waals surface area contributed by atoms with Crippen LogP contribution in [0.1, 0.15) is 12.2 Å². The number of hydrogen-bond acceptors (Lipinski definition) is 4. The van der Waals surface area contributed by atoms with Crippen LogP contribution in [0.25, 0.3) is 11.5 Å². The van der Waals surface area contributed by atoms with E-state index in [1.807, 2.05) is 31.2 Å². The summed E-state index contributed by atoms with van der Waals surface area (Å²) in [5.74, 6) is 1.47. The number of aromatic nitrogens is 1. The topological polar surface area (TPSA) is 78.6 Å². The molecule has 2 aromatic rings. The Hall–Kier alpha value is -2.34. The van der Waals surface area contributed by atoms with Crippen molar-refractivity contribution >= 4 is 11.7 Å². The van der Waals surface area contributed by atoms with Crippen LogP contribution in [-0.4, -0.2) is 40.7 Å². The molecule has 2 heterocycles. The van der Waals surface area contributed by atoms with Gasteiger partial charge >= 0.3 is 6.03 Å². The van der Waals surface area contributed by atoms with Crippen LogP contribution in [0, 0.1) is 12.8 Å². The Bertz CT molecular complexity index is 668. The van der Waals surface area contributed by atoms with Crippen molar-refractivity contribution in [2.24, 2.45) is 5.92 Å². The van der Waals surface area contributed by atoms with Crippen molar-refractivity contribution in [1.82, 2.24) is 9.88 Å². The van der Waals surface area contributed by atoms with E-state index in [1.54, 1.807) is 11.1 Å². The van der Waals surface area contributed by atoms with Crippen LogP contribution in [0.15, 0.2) is 34.9 Å². The summed E-state index contributed by atoms with van der Waals surface area (Å²) in [5.41, 5.74) is 1.52. The maximum absolute atomic E-state index is 12.2. The van der Waals surface area contributed by atoms with Gasteiger partial charge in [-0.25, -0.2) is 9.78 Å². The van der Waals surface area contributed by atoms with Gasteiger partial charge in [-0.3, -0.25) is 0 Å². The number of carbonyl (C=O) groups excluding carboxylic acids is 1. The maximum Gasteiger partial charge on any atom is 0.321 e. The highest BCUT2D eigenvalue weighted by Crippen LogP contribution is 2.23. The molecule has 6 nitrogen and oxygen atoms in total. The number of rotatable bonds is 3. The molecule has 1 aliphatic rings. The van der Waals surface area contributed by atoms with Gasteiger partial charge in [-0.15, -0.1) is 0 Å². The Kier molecular flexibility index (Phi) is 4.11. The van der Waals surface area contributed by atoms with Crippen LogP contribution < -0.4 is 5.32 Å². The molecule has 1 aromatic carbocycles. The SMILES string of the molecule is Cc1cnc(-c2cccc(NC(=O)N3CCC(CO)C3)c2)o1. The van der Waals surface area contributed by atoms with Crippen molar-refractivity contribution in [3.8, 4) is 11.5 Å². The summed E-state index contributed by atoms with van der Waals surface area (Å²) in [6.07, 6.45) is 2.51. The highest BCUT2D eigenvalue weighted by atomic mass is 16.4. The van der Waals surface area contributed by atoms with Gasteiger partial charge in [0.1, 0.15) is 5.76 Å². The lowest BCUT2D eigenvalue weighted by Gasteiger charge is -2.17. The van der Waals surface area contributed by atoms with Gasteiger partial charge in [0.2, 0.25) is 5.89 Å². The summed E-state index contributed by atoms with van der Waals surface area (Å²) in [5, 5.41) is 12.0. The zero-order chi connectivity index (χ0) is 15.5. The molecule has 1 unspecified atom stereocenters. The lowest BCUT2D eigenvalue weighted by atomic mass is 10.1. The molecule has 22 heavy (non-hydrogen) atoms. The molecular formula is C16H19N3O3. The van der Waals surface area contributed by atoms with E-state index in [9.17, 15) is 4.79 Å². The number of nitrogens with one attached hydrogen (secondary N) is 1. The van der Waals surface area contributed by atoms with E-state index in [4.69, 9.17) is 9.52 Å². The fourth-order valence-corrected chi connectivity index (χ4v) is 2.59. The fourth-order valence-electron chi connectivity index (χ4n) is 2.59. The van der Waals surface area contributed by atoms with E-state index in [0.29, 0.717) is 24.7 Å². The molecule has 2 amide bonds. The van der Waals surface area contributed by atoms with Crippen LogP contribution in [0.5, 0.6) is 0 Å². The number of benzene rings is 1. The normalized spacial score (nSPS) is 17.7. The number of carbonyl (C=O) groups is 1. The van der Waals surface area contributed by atoms with Gasteiger partial charge in [0.15, 0.2) is 0 Å². The van der Waals surface area contributed by atoms with Gasteiger partial charge in [-0.1, -0.05) is 6.07 Å². The molecule has 0 radical (unpaired) electrons. The number of aliphatic hydroxyl groups excluding tert-OH is 1.